The Hall–Kier alpha value is -3.24. The van der Waals surface area contributed by atoms with Crippen molar-refractivity contribution in [2.75, 3.05) is 0 Å². The second-order valence-electron chi connectivity index (χ2n) is 5.05. The summed E-state index contributed by atoms with van der Waals surface area (Å²) in [5.74, 6) is -4.51. The van der Waals surface area contributed by atoms with Gasteiger partial charge in [-0.1, -0.05) is 22.9 Å². The van der Waals surface area contributed by atoms with Crippen molar-refractivity contribution in [1.82, 2.24) is 10.4 Å². The maximum Gasteiger partial charge on any atom is 0.430 e. The fraction of sp³-hybridized carbons (Fsp3) is 0.267. The van der Waals surface area contributed by atoms with Crippen LogP contribution in [0.5, 0.6) is 0 Å². The number of hydrogen-bond acceptors (Lipinski definition) is 5. The Morgan fingerprint density at radius 1 is 1.27 bits per heavy atom. The van der Waals surface area contributed by atoms with Gasteiger partial charge in [-0.15, -0.1) is 0 Å². The standard InChI is InChI=1S/C13H13N3O3.C2HF3O2/c1-8(13(18)19)14-12(17)10-7-16(2)15-11-6-4-3-5-9(10)11;3-2(4,5)1(6)7/h3-8H,1-2H3,(H-,14,17,18,19);(H,6,7). The van der Waals surface area contributed by atoms with Gasteiger partial charge in [-0.3, -0.25) is 9.59 Å². The minimum Gasteiger partial charge on any atom is -0.542 e. The van der Waals surface area contributed by atoms with Crippen LogP contribution in [0.25, 0.3) is 10.9 Å². The van der Waals surface area contributed by atoms with Crippen LogP contribution in [0.2, 0.25) is 0 Å². The highest BCUT2D eigenvalue weighted by Crippen LogP contribution is 2.14. The Balaban J connectivity index is 0.000000412. The summed E-state index contributed by atoms with van der Waals surface area (Å²) in [5, 5.41) is 25.0. The molecule has 1 unspecified atom stereocenters. The molecule has 1 atom stereocenters. The average Bonchev–Trinajstić information content (AvgIpc) is 2.53. The Morgan fingerprint density at radius 3 is 2.31 bits per heavy atom. The number of rotatable bonds is 3. The van der Waals surface area contributed by atoms with E-state index in [-0.39, 0.29) is 0 Å². The first-order chi connectivity index (χ1) is 11.9. The summed E-state index contributed by atoms with van der Waals surface area (Å²) in [6, 6.07) is 6.28. The second-order valence-corrected chi connectivity index (χ2v) is 5.05. The number of amides is 1. The molecule has 0 bridgehead atoms. The van der Waals surface area contributed by atoms with Crippen molar-refractivity contribution in [3.8, 4) is 0 Å². The van der Waals surface area contributed by atoms with E-state index in [4.69, 9.17) is 15.0 Å². The molecule has 2 N–H and O–H groups in total. The van der Waals surface area contributed by atoms with Gasteiger partial charge in [-0.05, 0) is 18.1 Å². The van der Waals surface area contributed by atoms with Crippen LogP contribution in [0, 0.1) is 0 Å². The predicted octanol–water partition coefficient (Wildman–Crippen LogP) is -0.439. The second kappa shape index (κ2) is 8.23. The molecule has 0 aliphatic heterocycles. The minimum atomic E-state index is -5.19. The molecule has 11 heteroatoms. The normalized spacial score (nSPS) is 11.9. The third kappa shape index (κ3) is 5.69. The molecule has 0 spiro atoms. The molecular formula is C15H14F3N3O5. The number of nitrogens with one attached hydrogen (secondary N) is 1. The number of hydrogen-bond donors (Lipinski definition) is 2. The van der Waals surface area contributed by atoms with Gasteiger partial charge in [0.25, 0.3) is 5.91 Å². The molecular weight excluding hydrogens is 359 g/mol. The fourth-order valence-corrected chi connectivity index (χ4v) is 1.76. The Labute approximate surface area is 144 Å². The molecule has 1 amide bonds. The molecule has 8 nitrogen and oxygen atoms in total. The quantitative estimate of drug-likeness (QED) is 0.703. The first-order valence-electron chi connectivity index (χ1n) is 7.01. The molecule has 0 saturated carbocycles. The molecule has 2 rings (SSSR count). The van der Waals surface area contributed by atoms with Crippen LogP contribution in [-0.4, -0.2) is 40.3 Å². The molecule has 0 saturated heterocycles. The largest absolute Gasteiger partial charge is 0.542 e. The highest BCUT2D eigenvalue weighted by Gasteiger charge is 2.28. The molecule has 0 radical (unpaired) electrons. The Morgan fingerprint density at radius 2 is 1.81 bits per heavy atom. The van der Waals surface area contributed by atoms with Crippen molar-refractivity contribution in [3.05, 3.63) is 36.0 Å². The SMILES string of the molecule is CC(NC(=O)c1c[n+](C)nc2ccccc12)C(=O)O.O=C([O-])C(F)(F)F. The maximum absolute atomic E-state index is 12.1. The van der Waals surface area contributed by atoms with E-state index in [1.807, 2.05) is 6.07 Å². The van der Waals surface area contributed by atoms with Crippen LogP contribution in [-0.2, 0) is 16.6 Å². The molecule has 1 aromatic heterocycles. The zero-order chi connectivity index (χ0) is 20.1. The average molecular weight is 373 g/mol. The third-order valence-electron chi connectivity index (χ3n) is 2.97. The van der Waals surface area contributed by atoms with E-state index in [9.17, 15) is 22.8 Å². The third-order valence-corrected chi connectivity index (χ3v) is 2.97. The van der Waals surface area contributed by atoms with Gasteiger partial charge in [0.1, 0.15) is 23.1 Å². The maximum atomic E-state index is 12.1. The van der Waals surface area contributed by atoms with Crippen molar-refractivity contribution in [2.24, 2.45) is 7.05 Å². The fourth-order valence-electron chi connectivity index (χ4n) is 1.76. The lowest BCUT2D eigenvalue weighted by molar-refractivity contribution is -0.728. The van der Waals surface area contributed by atoms with Crippen molar-refractivity contribution < 1.29 is 42.4 Å². The zero-order valence-corrected chi connectivity index (χ0v) is 13.6. The highest BCUT2D eigenvalue weighted by molar-refractivity contribution is 6.06. The summed E-state index contributed by atoms with van der Waals surface area (Å²) in [6.45, 7) is 1.42. The van der Waals surface area contributed by atoms with Crippen LogP contribution in [0.1, 0.15) is 17.3 Å². The van der Waals surface area contributed by atoms with Gasteiger partial charge in [-0.25, -0.2) is 0 Å². The molecule has 0 aliphatic rings. The number of fused-ring (bicyclic) bond motifs is 1. The van der Waals surface area contributed by atoms with Gasteiger partial charge in [0.05, 0.1) is 0 Å². The molecule has 26 heavy (non-hydrogen) atoms. The first-order valence-corrected chi connectivity index (χ1v) is 7.01. The van der Waals surface area contributed by atoms with Crippen LogP contribution in [0.3, 0.4) is 0 Å². The summed E-state index contributed by atoms with van der Waals surface area (Å²) in [4.78, 5) is 31.7. The highest BCUT2D eigenvalue weighted by atomic mass is 19.4. The van der Waals surface area contributed by atoms with Crippen molar-refractivity contribution in [3.63, 3.8) is 0 Å². The van der Waals surface area contributed by atoms with Gasteiger partial charge < -0.3 is 20.3 Å². The number of alkyl halides is 3. The summed E-state index contributed by atoms with van der Waals surface area (Å²) < 4.78 is 33.1. The topological polar surface area (TPSA) is 123 Å². The lowest BCUT2D eigenvalue weighted by Crippen LogP contribution is -2.40. The number of benzene rings is 1. The van der Waals surface area contributed by atoms with E-state index in [0.29, 0.717) is 16.5 Å². The number of aryl methyl sites for hydroxylation is 1. The lowest BCUT2D eigenvalue weighted by atomic mass is 10.1. The van der Waals surface area contributed by atoms with Crippen LogP contribution >= 0.6 is 0 Å². The smallest absolute Gasteiger partial charge is 0.430 e. The van der Waals surface area contributed by atoms with E-state index in [1.165, 1.54) is 11.6 Å². The summed E-state index contributed by atoms with van der Waals surface area (Å²) >= 11 is 0. The van der Waals surface area contributed by atoms with Gasteiger partial charge in [0, 0.05) is 5.39 Å². The van der Waals surface area contributed by atoms with Gasteiger partial charge in [0.2, 0.25) is 6.20 Å². The number of carboxylic acids is 2. The Bertz CT molecular complexity index is 839. The number of carboxylic acid groups (broad SMARTS) is 2. The summed E-state index contributed by atoms with van der Waals surface area (Å²) in [6.07, 6.45) is -3.62. The lowest BCUT2D eigenvalue weighted by Gasteiger charge is -2.09. The number of nitrogens with zero attached hydrogens (tertiary/aromatic N) is 2. The molecule has 0 fully saturated rings. The minimum absolute atomic E-state index is 0.404. The molecule has 140 valence electrons. The predicted molar refractivity (Wildman–Crippen MR) is 78.5 cm³/mol. The molecule has 1 heterocycles. The summed E-state index contributed by atoms with van der Waals surface area (Å²) in [5.41, 5.74) is 1.09. The van der Waals surface area contributed by atoms with E-state index in [0.717, 1.165) is 0 Å². The van der Waals surface area contributed by atoms with E-state index in [2.05, 4.69) is 10.4 Å². The number of aromatic nitrogens is 2. The monoisotopic (exact) mass is 373 g/mol. The van der Waals surface area contributed by atoms with Gasteiger partial charge >= 0.3 is 12.1 Å². The Kier molecular flexibility index (Phi) is 6.58. The van der Waals surface area contributed by atoms with E-state index in [1.54, 1.807) is 31.4 Å². The van der Waals surface area contributed by atoms with Crippen LogP contribution in [0.4, 0.5) is 13.2 Å². The zero-order valence-electron chi connectivity index (χ0n) is 13.6. The number of halogens is 3. The van der Waals surface area contributed by atoms with Crippen LogP contribution in [0.15, 0.2) is 30.5 Å². The van der Waals surface area contributed by atoms with Crippen molar-refractivity contribution in [2.45, 2.75) is 19.1 Å². The molecule has 1 aromatic carbocycles. The number of aliphatic carboxylic acids is 2. The molecule has 0 aliphatic carbocycles. The number of carbonyl (C=O) groups is 3. The molecule has 2 aromatic rings. The number of carbonyl (C=O) groups excluding carboxylic acids is 2. The first kappa shape index (κ1) is 20.8. The van der Waals surface area contributed by atoms with E-state index < -0.39 is 30.1 Å². The van der Waals surface area contributed by atoms with E-state index >= 15 is 0 Å². The van der Waals surface area contributed by atoms with Gasteiger partial charge in [0.15, 0.2) is 7.05 Å². The van der Waals surface area contributed by atoms with Crippen molar-refractivity contribution in [1.29, 1.82) is 0 Å². The van der Waals surface area contributed by atoms with Crippen molar-refractivity contribution >= 4 is 28.7 Å². The van der Waals surface area contributed by atoms with Crippen LogP contribution < -0.4 is 15.1 Å². The summed E-state index contributed by atoms with van der Waals surface area (Å²) in [7, 11) is 1.71. The van der Waals surface area contributed by atoms with Gasteiger partial charge in [-0.2, -0.15) is 13.2 Å².